The average molecular weight is 448 g/mol. The molecule has 0 fully saturated rings. The second-order valence-electron chi connectivity index (χ2n) is 7.59. The maximum Gasteiger partial charge on any atom is 0.253 e. The number of benzene rings is 2. The van der Waals surface area contributed by atoms with Crippen molar-refractivity contribution in [1.29, 1.82) is 0 Å². The fourth-order valence-electron chi connectivity index (χ4n) is 3.63. The van der Waals surface area contributed by atoms with Crippen LogP contribution in [0.4, 0.5) is 5.69 Å². The van der Waals surface area contributed by atoms with Gasteiger partial charge in [-0.2, -0.15) is 0 Å². The minimum absolute atomic E-state index is 0.0794. The summed E-state index contributed by atoms with van der Waals surface area (Å²) in [6, 6.07) is 20.3. The summed E-state index contributed by atoms with van der Waals surface area (Å²) in [5.41, 5.74) is 4.84. The van der Waals surface area contributed by atoms with E-state index in [-0.39, 0.29) is 5.56 Å². The molecule has 158 valence electrons. The number of thiophene rings is 1. The van der Waals surface area contributed by atoms with Crippen LogP contribution in [-0.4, -0.2) is 15.0 Å². The SMILES string of the molecule is CCc1ccccc1NC(=S)N(Cc1cccs1)Cc1cc2cc(C)ccc2[nH]c1=O. The largest absolute Gasteiger partial charge is 0.339 e. The molecule has 2 aromatic heterocycles. The topological polar surface area (TPSA) is 48.1 Å². The number of aryl methyl sites for hydroxylation is 2. The van der Waals surface area contributed by atoms with Crippen molar-refractivity contribution in [3.63, 3.8) is 0 Å². The van der Waals surface area contributed by atoms with Gasteiger partial charge in [0.25, 0.3) is 5.56 Å². The molecule has 2 heterocycles. The summed E-state index contributed by atoms with van der Waals surface area (Å²) in [7, 11) is 0. The van der Waals surface area contributed by atoms with E-state index in [0.717, 1.165) is 28.6 Å². The maximum atomic E-state index is 12.8. The number of hydrogen-bond acceptors (Lipinski definition) is 3. The number of pyridine rings is 1. The van der Waals surface area contributed by atoms with Crippen LogP contribution in [0.2, 0.25) is 0 Å². The lowest BCUT2D eigenvalue weighted by molar-refractivity contribution is 0.415. The van der Waals surface area contributed by atoms with Crippen molar-refractivity contribution in [2.24, 2.45) is 0 Å². The van der Waals surface area contributed by atoms with Gasteiger partial charge in [-0.1, -0.05) is 42.8 Å². The van der Waals surface area contributed by atoms with Crippen LogP contribution >= 0.6 is 23.6 Å². The number of fused-ring (bicyclic) bond motifs is 1. The van der Waals surface area contributed by atoms with E-state index in [2.05, 4.69) is 52.6 Å². The minimum Gasteiger partial charge on any atom is -0.339 e. The lowest BCUT2D eigenvalue weighted by atomic mass is 10.1. The first-order chi connectivity index (χ1) is 15.0. The molecule has 4 rings (SSSR count). The van der Waals surface area contributed by atoms with Crippen LogP contribution < -0.4 is 10.9 Å². The Morgan fingerprint density at radius 3 is 2.68 bits per heavy atom. The number of anilines is 1. The predicted octanol–water partition coefficient (Wildman–Crippen LogP) is 5.86. The molecule has 4 aromatic rings. The Balaban J connectivity index is 1.65. The number of rotatable bonds is 6. The molecule has 0 amide bonds. The Morgan fingerprint density at radius 1 is 1.06 bits per heavy atom. The molecular weight excluding hydrogens is 422 g/mol. The van der Waals surface area contributed by atoms with Crippen LogP contribution in [0.1, 0.15) is 28.5 Å². The Morgan fingerprint density at radius 2 is 1.90 bits per heavy atom. The molecule has 2 N–H and O–H groups in total. The van der Waals surface area contributed by atoms with E-state index in [1.807, 2.05) is 42.5 Å². The van der Waals surface area contributed by atoms with E-state index < -0.39 is 0 Å². The quantitative estimate of drug-likeness (QED) is 0.364. The van der Waals surface area contributed by atoms with Crippen molar-refractivity contribution in [3.8, 4) is 0 Å². The zero-order chi connectivity index (χ0) is 21.8. The summed E-state index contributed by atoms with van der Waals surface area (Å²) >= 11 is 7.49. The van der Waals surface area contributed by atoms with Gasteiger partial charge in [-0.05, 0) is 72.2 Å². The smallest absolute Gasteiger partial charge is 0.253 e. The Bertz CT molecular complexity index is 1260. The third kappa shape index (κ3) is 5.03. The van der Waals surface area contributed by atoms with Gasteiger partial charge in [-0.25, -0.2) is 0 Å². The fourth-order valence-corrected chi connectivity index (χ4v) is 4.59. The first kappa shape index (κ1) is 21.3. The predicted molar refractivity (Wildman–Crippen MR) is 135 cm³/mol. The molecule has 0 saturated carbocycles. The molecular formula is C25H25N3OS2. The molecule has 0 aliphatic rings. The van der Waals surface area contributed by atoms with Gasteiger partial charge in [-0.3, -0.25) is 4.79 Å². The highest BCUT2D eigenvalue weighted by molar-refractivity contribution is 7.80. The number of nitrogens with zero attached hydrogens (tertiary/aromatic N) is 1. The van der Waals surface area contributed by atoms with Crippen LogP contribution in [0.5, 0.6) is 0 Å². The van der Waals surface area contributed by atoms with Crippen molar-refractivity contribution in [2.45, 2.75) is 33.4 Å². The van der Waals surface area contributed by atoms with Gasteiger partial charge in [-0.15, -0.1) is 11.3 Å². The summed E-state index contributed by atoms with van der Waals surface area (Å²) in [4.78, 5) is 19.1. The van der Waals surface area contributed by atoms with E-state index in [0.29, 0.717) is 23.8 Å². The first-order valence-corrected chi connectivity index (χ1v) is 11.6. The molecule has 0 aliphatic heterocycles. The summed E-state index contributed by atoms with van der Waals surface area (Å²) in [6.07, 6.45) is 0.917. The number of aromatic amines is 1. The zero-order valence-electron chi connectivity index (χ0n) is 17.6. The molecule has 4 nitrogen and oxygen atoms in total. The first-order valence-electron chi connectivity index (χ1n) is 10.3. The van der Waals surface area contributed by atoms with Gasteiger partial charge >= 0.3 is 0 Å². The molecule has 0 spiro atoms. The molecule has 0 bridgehead atoms. The fraction of sp³-hybridized carbons (Fsp3) is 0.200. The van der Waals surface area contributed by atoms with Crippen molar-refractivity contribution < 1.29 is 0 Å². The van der Waals surface area contributed by atoms with Crippen LogP contribution in [-0.2, 0) is 19.5 Å². The van der Waals surface area contributed by atoms with Gasteiger partial charge < -0.3 is 15.2 Å². The van der Waals surface area contributed by atoms with E-state index in [1.165, 1.54) is 10.4 Å². The van der Waals surface area contributed by atoms with Gasteiger partial charge in [0.1, 0.15) is 0 Å². The second-order valence-corrected chi connectivity index (χ2v) is 9.01. The Kier molecular flexibility index (Phi) is 6.49. The summed E-state index contributed by atoms with van der Waals surface area (Å²) in [5.74, 6) is 0. The van der Waals surface area contributed by atoms with Crippen molar-refractivity contribution in [1.82, 2.24) is 9.88 Å². The molecule has 31 heavy (non-hydrogen) atoms. The summed E-state index contributed by atoms with van der Waals surface area (Å²) in [6.45, 7) is 5.25. The minimum atomic E-state index is -0.0794. The number of hydrogen-bond donors (Lipinski definition) is 2. The number of nitrogens with one attached hydrogen (secondary N) is 2. The van der Waals surface area contributed by atoms with Crippen molar-refractivity contribution in [3.05, 3.63) is 98.0 Å². The lowest BCUT2D eigenvalue weighted by Crippen LogP contribution is -2.35. The van der Waals surface area contributed by atoms with Gasteiger partial charge in [0, 0.05) is 21.6 Å². The molecule has 0 saturated heterocycles. The van der Waals surface area contributed by atoms with E-state index >= 15 is 0 Å². The van der Waals surface area contributed by atoms with Gasteiger partial charge in [0.15, 0.2) is 5.11 Å². The van der Waals surface area contributed by atoms with Crippen molar-refractivity contribution >= 4 is 45.3 Å². The highest BCUT2D eigenvalue weighted by atomic mass is 32.1. The Labute approximate surface area is 191 Å². The monoisotopic (exact) mass is 447 g/mol. The molecule has 0 unspecified atom stereocenters. The maximum absolute atomic E-state index is 12.8. The van der Waals surface area contributed by atoms with E-state index in [4.69, 9.17) is 12.2 Å². The summed E-state index contributed by atoms with van der Waals surface area (Å²) < 4.78 is 0. The number of H-pyrrole nitrogens is 1. The standard InChI is InChI=1S/C25H25N3OS2/c1-3-18-7-4-5-9-22(18)27-25(30)28(16-21-8-6-12-31-21)15-20-14-19-13-17(2)10-11-23(19)26-24(20)29/h4-14H,3,15-16H2,1-2H3,(H,26,29)(H,27,30). The number of para-hydroxylation sites is 1. The van der Waals surface area contributed by atoms with E-state index in [1.54, 1.807) is 11.3 Å². The zero-order valence-corrected chi connectivity index (χ0v) is 19.3. The number of thiocarbonyl (C=S) groups is 1. The van der Waals surface area contributed by atoms with Crippen LogP contribution in [0, 0.1) is 6.92 Å². The molecule has 0 radical (unpaired) electrons. The molecule has 6 heteroatoms. The van der Waals surface area contributed by atoms with Crippen LogP contribution in [0.25, 0.3) is 10.9 Å². The lowest BCUT2D eigenvalue weighted by Gasteiger charge is -2.26. The third-order valence-corrected chi connectivity index (χ3v) is 6.51. The molecule has 0 aliphatic carbocycles. The normalized spacial score (nSPS) is 10.9. The van der Waals surface area contributed by atoms with E-state index in [9.17, 15) is 4.79 Å². The molecule has 0 atom stereocenters. The highest BCUT2D eigenvalue weighted by Crippen LogP contribution is 2.20. The Hall–Kier alpha value is -2.96. The van der Waals surface area contributed by atoms with Gasteiger partial charge in [0.2, 0.25) is 0 Å². The van der Waals surface area contributed by atoms with Crippen LogP contribution in [0.3, 0.4) is 0 Å². The number of aromatic nitrogens is 1. The summed E-state index contributed by atoms with van der Waals surface area (Å²) in [5, 5.41) is 7.11. The van der Waals surface area contributed by atoms with Gasteiger partial charge in [0.05, 0.1) is 13.1 Å². The average Bonchev–Trinajstić information content (AvgIpc) is 3.27. The highest BCUT2D eigenvalue weighted by Gasteiger charge is 2.16. The van der Waals surface area contributed by atoms with Crippen LogP contribution in [0.15, 0.2) is 70.8 Å². The third-order valence-electron chi connectivity index (χ3n) is 5.29. The van der Waals surface area contributed by atoms with Crippen molar-refractivity contribution in [2.75, 3.05) is 5.32 Å². The molecule has 2 aromatic carbocycles. The second kappa shape index (κ2) is 9.45.